The molecule has 1 aromatic carbocycles. The molecule has 1 atom stereocenters. The van der Waals surface area contributed by atoms with E-state index >= 15 is 0 Å². The van der Waals surface area contributed by atoms with Gasteiger partial charge in [0.25, 0.3) is 6.43 Å². The molecule has 0 spiro atoms. The molecule has 0 aliphatic carbocycles. The first-order valence-electron chi connectivity index (χ1n) is 9.49. The topological polar surface area (TPSA) is 99.1 Å². The van der Waals surface area contributed by atoms with Crippen LogP contribution in [0.2, 0.25) is 0 Å². The fourth-order valence-corrected chi connectivity index (χ4v) is 3.34. The molecular weight excluding hydrogens is 402 g/mol. The van der Waals surface area contributed by atoms with E-state index in [0.717, 1.165) is 11.1 Å². The van der Waals surface area contributed by atoms with Crippen LogP contribution in [0.4, 0.5) is 14.7 Å². The van der Waals surface area contributed by atoms with E-state index in [4.69, 9.17) is 0 Å². The van der Waals surface area contributed by atoms with Gasteiger partial charge in [-0.2, -0.15) is 5.26 Å². The van der Waals surface area contributed by atoms with E-state index in [0.29, 0.717) is 5.69 Å². The van der Waals surface area contributed by atoms with E-state index < -0.39 is 6.43 Å². The smallest absolute Gasteiger partial charge is 0.267 e. The number of fused-ring (bicyclic) bond motifs is 1. The van der Waals surface area contributed by atoms with Crippen molar-refractivity contribution in [1.82, 2.24) is 19.4 Å². The summed E-state index contributed by atoms with van der Waals surface area (Å²) in [4.78, 5) is 12.8. The number of rotatable bonds is 6. The molecule has 4 rings (SSSR count). The monoisotopic (exact) mass is 420 g/mol. The van der Waals surface area contributed by atoms with Crippen LogP contribution < -0.4 is 5.32 Å². The minimum Gasteiger partial charge on any atom is -0.392 e. The minimum atomic E-state index is -2.67. The number of imidazole rings is 1. The SMILES string of the molecule is CC(Nc1ncc(C#N)c(-c2cnc3c(C(F)F)cccn23)n1)c1cccc(CO)c1. The summed E-state index contributed by atoms with van der Waals surface area (Å²) in [7, 11) is 0. The fraction of sp³-hybridized carbons (Fsp3) is 0.182. The third-order valence-corrected chi connectivity index (χ3v) is 4.93. The molecular formula is C22H18F2N6O. The maximum absolute atomic E-state index is 13.3. The Labute approximate surface area is 176 Å². The Bertz CT molecular complexity index is 1280. The molecule has 0 saturated carbocycles. The van der Waals surface area contributed by atoms with Gasteiger partial charge in [0, 0.05) is 6.20 Å². The average molecular weight is 420 g/mol. The molecule has 156 valence electrons. The number of hydrogen-bond acceptors (Lipinski definition) is 6. The van der Waals surface area contributed by atoms with Crippen LogP contribution in [0, 0.1) is 11.3 Å². The van der Waals surface area contributed by atoms with Crippen LogP contribution >= 0.6 is 0 Å². The van der Waals surface area contributed by atoms with E-state index in [1.165, 1.54) is 28.9 Å². The molecule has 3 heterocycles. The van der Waals surface area contributed by atoms with Crippen LogP contribution in [0.15, 0.2) is 55.0 Å². The number of hydrogen-bond donors (Lipinski definition) is 2. The van der Waals surface area contributed by atoms with Crippen LogP contribution in [0.1, 0.15) is 41.6 Å². The summed E-state index contributed by atoms with van der Waals surface area (Å²) in [5.41, 5.74) is 2.52. The molecule has 0 amide bonds. The fourth-order valence-electron chi connectivity index (χ4n) is 3.34. The molecule has 1 unspecified atom stereocenters. The standard InChI is InChI=1S/C22H18F2N6O/c1-13(15-5-2-4-14(8-15)12-31)28-22-27-10-16(9-25)19(29-22)18-11-26-21-17(20(23)24)6-3-7-30(18)21/h2-8,10-11,13,20,31H,12H2,1H3,(H,27,28,29). The van der Waals surface area contributed by atoms with Gasteiger partial charge >= 0.3 is 0 Å². The predicted molar refractivity (Wildman–Crippen MR) is 110 cm³/mol. The summed E-state index contributed by atoms with van der Waals surface area (Å²) >= 11 is 0. The summed E-state index contributed by atoms with van der Waals surface area (Å²) in [5.74, 6) is 0.274. The summed E-state index contributed by atoms with van der Waals surface area (Å²) in [5, 5.41) is 22.0. The number of pyridine rings is 1. The van der Waals surface area contributed by atoms with Gasteiger partial charge < -0.3 is 10.4 Å². The van der Waals surface area contributed by atoms with Gasteiger partial charge in [-0.15, -0.1) is 0 Å². The second-order valence-electron chi connectivity index (χ2n) is 6.94. The van der Waals surface area contributed by atoms with Gasteiger partial charge in [-0.3, -0.25) is 4.40 Å². The highest BCUT2D eigenvalue weighted by Crippen LogP contribution is 2.29. The molecule has 0 bridgehead atoms. The average Bonchev–Trinajstić information content (AvgIpc) is 3.23. The van der Waals surface area contributed by atoms with Crippen molar-refractivity contribution in [3.05, 3.63) is 77.2 Å². The van der Waals surface area contributed by atoms with Gasteiger partial charge in [0.15, 0.2) is 0 Å². The first-order valence-corrected chi connectivity index (χ1v) is 9.49. The Morgan fingerprint density at radius 1 is 1.19 bits per heavy atom. The van der Waals surface area contributed by atoms with E-state index in [9.17, 15) is 19.1 Å². The summed E-state index contributed by atoms with van der Waals surface area (Å²) in [6.45, 7) is 1.85. The lowest BCUT2D eigenvalue weighted by Gasteiger charge is -2.16. The van der Waals surface area contributed by atoms with Crippen LogP contribution in [0.3, 0.4) is 0 Å². The summed E-state index contributed by atoms with van der Waals surface area (Å²) in [6, 6.07) is 12.1. The first kappa shape index (κ1) is 20.4. The minimum absolute atomic E-state index is 0.0625. The summed E-state index contributed by atoms with van der Waals surface area (Å²) in [6.07, 6.45) is 1.73. The molecule has 0 aliphatic rings. The number of nitrogens with zero attached hydrogens (tertiary/aromatic N) is 5. The van der Waals surface area contributed by atoms with Crippen LogP contribution in [-0.2, 0) is 6.61 Å². The van der Waals surface area contributed by atoms with Gasteiger partial charge in [0.1, 0.15) is 17.4 Å². The Kier molecular flexibility index (Phi) is 5.56. The van der Waals surface area contributed by atoms with Crippen LogP contribution in [0.25, 0.3) is 17.0 Å². The molecule has 9 heteroatoms. The van der Waals surface area contributed by atoms with Gasteiger partial charge in [-0.25, -0.2) is 23.7 Å². The maximum atomic E-state index is 13.3. The summed E-state index contributed by atoms with van der Waals surface area (Å²) < 4.78 is 28.1. The molecule has 0 radical (unpaired) electrons. The third kappa shape index (κ3) is 3.93. The third-order valence-electron chi connectivity index (χ3n) is 4.93. The van der Waals surface area contributed by atoms with Gasteiger partial charge in [-0.05, 0) is 30.2 Å². The van der Waals surface area contributed by atoms with Crippen molar-refractivity contribution < 1.29 is 13.9 Å². The van der Waals surface area contributed by atoms with Gasteiger partial charge in [0.05, 0.1) is 41.9 Å². The normalized spacial score (nSPS) is 12.1. The highest BCUT2D eigenvalue weighted by atomic mass is 19.3. The highest BCUT2D eigenvalue weighted by Gasteiger charge is 2.19. The second-order valence-corrected chi connectivity index (χ2v) is 6.94. The Morgan fingerprint density at radius 2 is 2.03 bits per heavy atom. The predicted octanol–water partition coefficient (Wildman–Crippen LogP) is 4.27. The molecule has 0 saturated heterocycles. The maximum Gasteiger partial charge on any atom is 0.267 e. The first-order chi connectivity index (χ1) is 15.0. The molecule has 0 fully saturated rings. The zero-order chi connectivity index (χ0) is 22.0. The van der Waals surface area contributed by atoms with Crippen molar-refractivity contribution in [3.8, 4) is 17.5 Å². The lowest BCUT2D eigenvalue weighted by Crippen LogP contribution is -2.11. The van der Waals surface area contributed by atoms with Crippen molar-refractivity contribution in [2.75, 3.05) is 5.32 Å². The number of aliphatic hydroxyl groups excluding tert-OH is 1. The van der Waals surface area contributed by atoms with E-state index in [2.05, 4.69) is 20.3 Å². The Balaban J connectivity index is 1.73. The van der Waals surface area contributed by atoms with Crippen molar-refractivity contribution in [2.24, 2.45) is 0 Å². The van der Waals surface area contributed by atoms with Crippen LogP contribution in [-0.4, -0.2) is 24.5 Å². The van der Waals surface area contributed by atoms with Crippen molar-refractivity contribution in [1.29, 1.82) is 5.26 Å². The second kappa shape index (κ2) is 8.45. The van der Waals surface area contributed by atoms with E-state index in [1.807, 2.05) is 37.3 Å². The van der Waals surface area contributed by atoms with E-state index in [1.54, 1.807) is 6.20 Å². The highest BCUT2D eigenvalue weighted by molar-refractivity contribution is 5.68. The van der Waals surface area contributed by atoms with Gasteiger partial charge in [0.2, 0.25) is 5.95 Å². The number of aromatic nitrogens is 4. The number of aliphatic hydroxyl groups is 1. The van der Waals surface area contributed by atoms with Crippen molar-refractivity contribution >= 4 is 11.6 Å². The molecule has 31 heavy (non-hydrogen) atoms. The Morgan fingerprint density at radius 3 is 2.77 bits per heavy atom. The lowest BCUT2D eigenvalue weighted by atomic mass is 10.1. The van der Waals surface area contributed by atoms with Crippen molar-refractivity contribution in [3.63, 3.8) is 0 Å². The number of nitrogens with one attached hydrogen (secondary N) is 1. The zero-order valence-corrected chi connectivity index (χ0v) is 16.5. The molecule has 3 aromatic heterocycles. The van der Waals surface area contributed by atoms with Crippen LogP contribution in [0.5, 0.6) is 0 Å². The number of anilines is 1. The number of alkyl halides is 2. The lowest BCUT2D eigenvalue weighted by molar-refractivity contribution is 0.152. The largest absolute Gasteiger partial charge is 0.392 e. The zero-order valence-electron chi connectivity index (χ0n) is 16.5. The molecule has 2 N–H and O–H groups in total. The number of nitriles is 1. The molecule has 7 nitrogen and oxygen atoms in total. The molecule has 0 aliphatic heterocycles. The van der Waals surface area contributed by atoms with E-state index in [-0.39, 0.29) is 41.1 Å². The number of halogens is 2. The van der Waals surface area contributed by atoms with Gasteiger partial charge in [-0.1, -0.05) is 24.3 Å². The Hall–Kier alpha value is -3.90. The number of benzene rings is 1. The van der Waals surface area contributed by atoms with Crippen molar-refractivity contribution in [2.45, 2.75) is 26.0 Å². The quantitative estimate of drug-likeness (QED) is 0.483. The molecule has 4 aromatic rings.